The molecular weight excluding hydrogens is 429 g/mol. The molecule has 4 rings (SSSR count). The summed E-state index contributed by atoms with van der Waals surface area (Å²) in [7, 11) is 0. The van der Waals surface area contributed by atoms with Crippen LogP contribution in [0.25, 0.3) is 10.4 Å². The van der Waals surface area contributed by atoms with Crippen molar-refractivity contribution in [1.29, 1.82) is 0 Å². The molecule has 0 aliphatic rings. The number of carbonyl (C=O) groups excluding carboxylic acids is 2. The van der Waals surface area contributed by atoms with Gasteiger partial charge in [-0.3, -0.25) is 25.4 Å². The minimum atomic E-state index is -0.451. The Morgan fingerprint density at radius 2 is 1.66 bits per heavy atom. The summed E-state index contributed by atoms with van der Waals surface area (Å²) in [5.41, 5.74) is 6.93. The number of pyridine rings is 1. The van der Waals surface area contributed by atoms with Crippen LogP contribution < -0.4 is 15.6 Å². The molecule has 0 fully saturated rings. The lowest BCUT2D eigenvalue weighted by Crippen LogP contribution is -2.41. The number of halogens is 1. The number of rotatable bonds is 6. The molecule has 2 N–H and O–H groups in total. The minimum absolute atomic E-state index is 0.320. The van der Waals surface area contributed by atoms with E-state index >= 15 is 0 Å². The quantitative estimate of drug-likeness (QED) is 0.423. The van der Waals surface area contributed by atoms with Crippen molar-refractivity contribution in [2.75, 3.05) is 0 Å². The number of ether oxygens (including phenoxy) is 1. The summed E-state index contributed by atoms with van der Waals surface area (Å²) in [6.45, 7) is 0.371. The van der Waals surface area contributed by atoms with Gasteiger partial charge >= 0.3 is 0 Å². The lowest BCUT2D eigenvalue weighted by molar-refractivity contribution is 0.0849. The molecule has 6 nitrogen and oxygen atoms in total. The largest absolute Gasteiger partial charge is 0.489 e. The van der Waals surface area contributed by atoms with Gasteiger partial charge in [-0.1, -0.05) is 18.2 Å². The highest BCUT2D eigenvalue weighted by atomic mass is 32.1. The molecule has 0 radical (unpaired) electrons. The molecule has 2 aromatic heterocycles. The third kappa shape index (κ3) is 5.35. The molecule has 32 heavy (non-hydrogen) atoms. The topological polar surface area (TPSA) is 80.3 Å². The number of amides is 2. The van der Waals surface area contributed by atoms with Gasteiger partial charge in [0.1, 0.15) is 18.2 Å². The standard InChI is InChI=1S/C24H18FN3O3S/c25-19-7-3-17(4-8-19)21-11-12-22(32-21)24(30)28-27-23(29)18-5-9-20(10-6-18)31-15-16-2-1-13-26-14-16/h1-14H,15H2,(H,27,29)(H,28,30). The molecule has 160 valence electrons. The summed E-state index contributed by atoms with van der Waals surface area (Å²) >= 11 is 1.25. The van der Waals surface area contributed by atoms with Crippen LogP contribution in [0.2, 0.25) is 0 Å². The van der Waals surface area contributed by atoms with E-state index in [0.717, 1.165) is 16.0 Å². The number of hydrazine groups is 1. The van der Waals surface area contributed by atoms with E-state index in [-0.39, 0.29) is 5.82 Å². The second kappa shape index (κ2) is 9.84. The van der Waals surface area contributed by atoms with Gasteiger partial charge in [0.25, 0.3) is 11.8 Å². The van der Waals surface area contributed by atoms with Crippen LogP contribution in [0, 0.1) is 5.82 Å². The Labute approximate surface area is 187 Å². The highest BCUT2D eigenvalue weighted by molar-refractivity contribution is 7.17. The fourth-order valence-electron chi connectivity index (χ4n) is 2.83. The van der Waals surface area contributed by atoms with Crippen molar-refractivity contribution in [2.24, 2.45) is 0 Å². The molecule has 0 bridgehead atoms. The van der Waals surface area contributed by atoms with Gasteiger partial charge in [0.15, 0.2) is 0 Å². The zero-order valence-electron chi connectivity index (χ0n) is 16.7. The smallest absolute Gasteiger partial charge is 0.279 e. The zero-order chi connectivity index (χ0) is 22.3. The average molecular weight is 447 g/mol. The number of benzene rings is 2. The maximum Gasteiger partial charge on any atom is 0.279 e. The van der Waals surface area contributed by atoms with Crippen LogP contribution in [0.4, 0.5) is 4.39 Å². The van der Waals surface area contributed by atoms with Gasteiger partial charge in [-0.25, -0.2) is 4.39 Å². The second-order valence-electron chi connectivity index (χ2n) is 6.75. The number of aromatic nitrogens is 1. The summed E-state index contributed by atoms with van der Waals surface area (Å²) < 4.78 is 18.7. The maximum atomic E-state index is 13.1. The maximum absolute atomic E-state index is 13.1. The molecule has 0 spiro atoms. The van der Waals surface area contributed by atoms with E-state index in [9.17, 15) is 14.0 Å². The van der Waals surface area contributed by atoms with Crippen LogP contribution in [0.3, 0.4) is 0 Å². The van der Waals surface area contributed by atoms with Crippen LogP contribution in [-0.4, -0.2) is 16.8 Å². The van der Waals surface area contributed by atoms with E-state index in [4.69, 9.17) is 4.74 Å². The third-order valence-electron chi connectivity index (χ3n) is 4.49. The molecule has 2 heterocycles. The fourth-order valence-corrected chi connectivity index (χ4v) is 3.74. The molecule has 2 aromatic carbocycles. The molecule has 0 saturated heterocycles. The molecule has 4 aromatic rings. The van der Waals surface area contributed by atoms with E-state index in [1.54, 1.807) is 60.9 Å². The normalized spacial score (nSPS) is 10.4. The van der Waals surface area contributed by atoms with Crippen molar-refractivity contribution in [3.63, 3.8) is 0 Å². The highest BCUT2D eigenvalue weighted by Gasteiger charge is 2.12. The number of thiophene rings is 1. The Balaban J connectivity index is 1.29. The lowest BCUT2D eigenvalue weighted by Gasteiger charge is -2.08. The van der Waals surface area contributed by atoms with Gasteiger partial charge in [-0.05, 0) is 60.2 Å². The number of hydrogen-bond donors (Lipinski definition) is 2. The molecule has 0 atom stereocenters. The van der Waals surface area contributed by atoms with E-state index in [2.05, 4.69) is 15.8 Å². The van der Waals surface area contributed by atoms with Crippen LogP contribution in [0.5, 0.6) is 5.75 Å². The van der Waals surface area contributed by atoms with Crippen LogP contribution in [-0.2, 0) is 6.61 Å². The van der Waals surface area contributed by atoms with Gasteiger partial charge in [-0.2, -0.15) is 0 Å². The summed E-state index contributed by atoms with van der Waals surface area (Å²) in [5.74, 6) is -0.596. The van der Waals surface area contributed by atoms with E-state index in [1.807, 2.05) is 12.1 Å². The summed E-state index contributed by atoms with van der Waals surface area (Å²) in [4.78, 5) is 29.9. The number of nitrogens with zero attached hydrogens (tertiary/aromatic N) is 1. The predicted molar refractivity (Wildman–Crippen MR) is 120 cm³/mol. The van der Waals surface area contributed by atoms with Crippen molar-refractivity contribution in [2.45, 2.75) is 6.61 Å². The molecule has 0 saturated carbocycles. The summed E-state index contributed by atoms with van der Waals surface area (Å²) in [5, 5.41) is 0. The van der Waals surface area contributed by atoms with Crippen molar-refractivity contribution >= 4 is 23.2 Å². The molecular formula is C24H18FN3O3S. The van der Waals surface area contributed by atoms with Crippen LogP contribution in [0.15, 0.2) is 85.2 Å². The molecule has 0 aliphatic heterocycles. The van der Waals surface area contributed by atoms with Gasteiger partial charge in [-0.15, -0.1) is 11.3 Å². The lowest BCUT2D eigenvalue weighted by atomic mass is 10.2. The van der Waals surface area contributed by atoms with Gasteiger partial charge < -0.3 is 4.74 Å². The van der Waals surface area contributed by atoms with Crippen LogP contribution >= 0.6 is 11.3 Å². The molecule has 0 aliphatic carbocycles. The van der Waals surface area contributed by atoms with Crippen molar-refractivity contribution in [3.05, 3.63) is 107 Å². The van der Waals surface area contributed by atoms with Crippen LogP contribution in [0.1, 0.15) is 25.6 Å². The number of carbonyl (C=O) groups is 2. The predicted octanol–water partition coefficient (Wildman–Crippen LogP) is 4.60. The SMILES string of the molecule is O=C(NNC(=O)c1ccc(-c2ccc(F)cc2)s1)c1ccc(OCc2cccnc2)cc1. The Morgan fingerprint density at radius 3 is 2.38 bits per heavy atom. The summed E-state index contributed by atoms with van der Waals surface area (Å²) in [6.07, 6.45) is 3.42. The van der Waals surface area contributed by atoms with Crippen molar-refractivity contribution in [3.8, 4) is 16.2 Å². The molecule has 0 unspecified atom stereocenters. The molecule has 2 amide bonds. The average Bonchev–Trinajstić information content (AvgIpc) is 3.33. The first kappa shape index (κ1) is 21.2. The van der Waals surface area contributed by atoms with Crippen molar-refractivity contribution < 1.29 is 18.7 Å². The Bertz CT molecular complexity index is 1210. The van der Waals surface area contributed by atoms with Crippen molar-refractivity contribution in [1.82, 2.24) is 15.8 Å². The first-order valence-electron chi connectivity index (χ1n) is 9.67. The van der Waals surface area contributed by atoms with E-state index in [1.165, 1.54) is 23.5 Å². The first-order chi connectivity index (χ1) is 15.6. The first-order valence-corrected chi connectivity index (χ1v) is 10.5. The van der Waals surface area contributed by atoms with Gasteiger partial charge in [0, 0.05) is 28.4 Å². The Kier molecular flexibility index (Phi) is 6.52. The fraction of sp³-hybridized carbons (Fsp3) is 0.0417. The van der Waals surface area contributed by atoms with Gasteiger partial charge in [0.2, 0.25) is 0 Å². The molecule has 8 heteroatoms. The highest BCUT2D eigenvalue weighted by Crippen LogP contribution is 2.28. The Hall–Kier alpha value is -4.04. The van der Waals surface area contributed by atoms with E-state index < -0.39 is 11.8 Å². The van der Waals surface area contributed by atoms with Gasteiger partial charge in [0.05, 0.1) is 4.88 Å². The number of nitrogens with one attached hydrogen (secondary N) is 2. The minimum Gasteiger partial charge on any atom is -0.489 e. The van der Waals surface area contributed by atoms with E-state index in [0.29, 0.717) is 22.8 Å². The zero-order valence-corrected chi connectivity index (χ0v) is 17.6. The third-order valence-corrected chi connectivity index (χ3v) is 5.63. The summed E-state index contributed by atoms with van der Waals surface area (Å²) in [6, 6.07) is 19.8. The second-order valence-corrected chi connectivity index (χ2v) is 7.84. The monoisotopic (exact) mass is 447 g/mol. The number of hydrogen-bond acceptors (Lipinski definition) is 5. The Morgan fingerprint density at radius 1 is 0.906 bits per heavy atom.